The Labute approximate surface area is 121 Å². The molecule has 1 saturated heterocycles. The van der Waals surface area contributed by atoms with Crippen molar-refractivity contribution in [3.8, 4) is 11.5 Å². The van der Waals surface area contributed by atoms with Gasteiger partial charge in [-0.05, 0) is 50.2 Å². The van der Waals surface area contributed by atoms with E-state index in [1.807, 2.05) is 0 Å². The van der Waals surface area contributed by atoms with E-state index in [0.29, 0.717) is 23.9 Å². The molecule has 0 spiro atoms. The number of piperidine rings is 1. The van der Waals surface area contributed by atoms with E-state index in [-0.39, 0.29) is 11.7 Å². The van der Waals surface area contributed by atoms with Crippen LogP contribution in [-0.4, -0.2) is 34.5 Å². The van der Waals surface area contributed by atoms with E-state index in [2.05, 4.69) is 15.1 Å². The second kappa shape index (κ2) is 6.13. The summed E-state index contributed by atoms with van der Waals surface area (Å²) in [6.45, 7) is 2.30. The van der Waals surface area contributed by atoms with Gasteiger partial charge in [-0.2, -0.15) is 0 Å². The van der Waals surface area contributed by atoms with Gasteiger partial charge in [0.2, 0.25) is 11.8 Å². The van der Waals surface area contributed by atoms with Crippen molar-refractivity contribution < 1.29 is 13.6 Å². The molecule has 1 aliphatic rings. The minimum Gasteiger partial charge on any atom is -0.419 e. The Morgan fingerprint density at radius 3 is 2.62 bits per heavy atom. The Hall–Kier alpha value is -2.08. The van der Waals surface area contributed by atoms with Crippen LogP contribution >= 0.6 is 0 Å². The zero-order chi connectivity index (χ0) is 14.7. The molecule has 6 heteroatoms. The van der Waals surface area contributed by atoms with Crippen LogP contribution in [0.5, 0.6) is 0 Å². The van der Waals surface area contributed by atoms with Crippen LogP contribution in [0.3, 0.4) is 0 Å². The number of hydrogen-bond acceptors (Lipinski definition) is 5. The molecule has 2 heterocycles. The third kappa shape index (κ3) is 3.33. The summed E-state index contributed by atoms with van der Waals surface area (Å²) in [6.07, 6.45) is 2.79. The smallest absolute Gasteiger partial charge is 0.247 e. The number of carbonyl (C=O) groups excluding carboxylic acids is 1. The summed E-state index contributed by atoms with van der Waals surface area (Å²) in [6, 6.07) is 5.96. The normalized spacial score (nSPS) is 17.0. The van der Waals surface area contributed by atoms with Gasteiger partial charge in [-0.15, -0.1) is 10.2 Å². The van der Waals surface area contributed by atoms with Crippen molar-refractivity contribution in [3.63, 3.8) is 0 Å². The van der Waals surface area contributed by atoms with E-state index in [1.165, 1.54) is 12.1 Å². The highest BCUT2D eigenvalue weighted by Gasteiger charge is 2.20. The first-order valence-corrected chi connectivity index (χ1v) is 7.00. The Morgan fingerprint density at radius 2 is 1.95 bits per heavy atom. The molecular weight excluding hydrogens is 273 g/mol. The van der Waals surface area contributed by atoms with Crippen molar-refractivity contribution in [2.75, 3.05) is 13.1 Å². The minimum atomic E-state index is -0.295. The fourth-order valence-corrected chi connectivity index (χ4v) is 2.47. The predicted octanol–water partition coefficient (Wildman–Crippen LogP) is 2.29. The topological polar surface area (TPSA) is 59.2 Å². The van der Waals surface area contributed by atoms with E-state index in [4.69, 9.17) is 4.42 Å². The van der Waals surface area contributed by atoms with Gasteiger partial charge >= 0.3 is 0 Å². The maximum absolute atomic E-state index is 12.9. The van der Waals surface area contributed by atoms with Gasteiger partial charge in [0.15, 0.2) is 0 Å². The number of benzene rings is 1. The molecule has 0 radical (unpaired) electrons. The van der Waals surface area contributed by atoms with E-state index in [9.17, 15) is 9.18 Å². The summed E-state index contributed by atoms with van der Waals surface area (Å²) in [5, 5.41) is 8.02. The summed E-state index contributed by atoms with van der Waals surface area (Å²) in [5.74, 6) is 0.821. The number of halogens is 1. The van der Waals surface area contributed by atoms with Gasteiger partial charge in [-0.25, -0.2) is 4.39 Å². The Bertz CT molecular complexity index is 604. The highest BCUT2D eigenvalue weighted by molar-refractivity contribution is 5.53. The van der Waals surface area contributed by atoms with Crippen LogP contribution in [0.2, 0.25) is 0 Å². The largest absolute Gasteiger partial charge is 0.419 e. The van der Waals surface area contributed by atoms with Gasteiger partial charge in [0.1, 0.15) is 12.1 Å². The predicted molar refractivity (Wildman–Crippen MR) is 73.8 cm³/mol. The lowest BCUT2D eigenvalue weighted by Crippen LogP contribution is -2.33. The Morgan fingerprint density at radius 1 is 1.24 bits per heavy atom. The van der Waals surface area contributed by atoms with E-state index < -0.39 is 0 Å². The van der Waals surface area contributed by atoms with Gasteiger partial charge in [-0.1, -0.05) is 0 Å². The van der Waals surface area contributed by atoms with Crippen LogP contribution in [0.1, 0.15) is 18.7 Å². The summed E-state index contributed by atoms with van der Waals surface area (Å²) in [4.78, 5) is 12.9. The number of likely N-dealkylation sites (tertiary alicyclic amines) is 1. The zero-order valence-corrected chi connectivity index (χ0v) is 11.5. The second-order valence-corrected chi connectivity index (χ2v) is 5.26. The summed E-state index contributed by atoms with van der Waals surface area (Å²) in [5.41, 5.74) is 0.704. The molecule has 3 rings (SSSR count). The van der Waals surface area contributed by atoms with Crippen molar-refractivity contribution in [1.82, 2.24) is 15.1 Å². The molecule has 1 aromatic heterocycles. The quantitative estimate of drug-likeness (QED) is 0.808. The third-order valence-electron chi connectivity index (χ3n) is 3.74. The lowest BCUT2D eigenvalue weighted by molar-refractivity contribution is -0.112. The average Bonchev–Trinajstić information content (AvgIpc) is 2.97. The zero-order valence-electron chi connectivity index (χ0n) is 11.5. The Kier molecular flexibility index (Phi) is 4.06. The van der Waals surface area contributed by atoms with Crippen LogP contribution < -0.4 is 0 Å². The highest BCUT2D eigenvalue weighted by Crippen LogP contribution is 2.20. The van der Waals surface area contributed by atoms with Gasteiger partial charge in [0.05, 0.1) is 6.54 Å². The SMILES string of the molecule is O=CC1CCN(Cc2nnc(-c3ccc(F)cc3)o2)CC1. The van der Waals surface area contributed by atoms with Crippen molar-refractivity contribution in [3.05, 3.63) is 36.0 Å². The first kappa shape index (κ1) is 13.9. The highest BCUT2D eigenvalue weighted by atomic mass is 19.1. The molecule has 0 N–H and O–H groups in total. The number of nitrogens with zero attached hydrogens (tertiary/aromatic N) is 3. The molecule has 21 heavy (non-hydrogen) atoms. The molecule has 0 saturated carbocycles. The number of rotatable bonds is 4. The average molecular weight is 289 g/mol. The van der Waals surface area contributed by atoms with Crippen LogP contribution in [0, 0.1) is 11.7 Å². The summed E-state index contributed by atoms with van der Waals surface area (Å²) >= 11 is 0. The number of aromatic nitrogens is 2. The van der Waals surface area contributed by atoms with Crippen molar-refractivity contribution >= 4 is 6.29 Å². The maximum Gasteiger partial charge on any atom is 0.247 e. The number of carbonyl (C=O) groups is 1. The number of aldehydes is 1. The van der Waals surface area contributed by atoms with Gasteiger partial charge in [-0.3, -0.25) is 4.90 Å². The molecule has 110 valence electrons. The second-order valence-electron chi connectivity index (χ2n) is 5.26. The first-order valence-electron chi connectivity index (χ1n) is 7.00. The minimum absolute atomic E-state index is 0.179. The maximum atomic E-state index is 12.9. The standard InChI is InChI=1S/C15H16FN3O2/c16-13-3-1-12(2-4-13)15-18-17-14(21-15)9-19-7-5-11(10-20)6-8-19/h1-4,10-11H,5-9H2. The summed E-state index contributed by atoms with van der Waals surface area (Å²) < 4.78 is 18.5. The molecule has 0 bridgehead atoms. The fraction of sp³-hybridized carbons (Fsp3) is 0.400. The van der Waals surface area contributed by atoms with Gasteiger partial charge < -0.3 is 9.21 Å². The molecule has 0 aliphatic carbocycles. The van der Waals surface area contributed by atoms with E-state index in [0.717, 1.165) is 32.2 Å². The molecule has 0 amide bonds. The molecule has 0 unspecified atom stereocenters. The monoisotopic (exact) mass is 289 g/mol. The lowest BCUT2D eigenvalue weighted by atomic mass is 9.99. The first-order chi connectivity index (χ1) is 10.2. The van der Waals surface area contributed by atoms with Crippen molar-refractivity contribution in [2.24, 2.45) is 5.92 Å². The van der Waals surface area contributed by atoms with Crippen molar-refractivity contribution in [2.45, 2.75) is 19.4 Å². The molecule has 5 nitrogen and oxygen atoms in total. The fourth-order valence-electron chi connectivity index (χ4n) is 2.47. The van der Waals surface area contributed by atoms with E-state index in [1.54, 1.807) is 12.1 Å². The van der Waals surface area contributed by atoms with Gasteiger partial charge in [0, 0.05) is 11.5 Å². The number of hydrogen-bond donors (Lipinski definition) is 0. The van der Waals surface area contributed by atoms with Crippen LogP contribution in [-0.2, 0) is 11.3 Å². The molecule has 1 fully saturated rings. The molecule has 1 aromatic carbocycles. The van der Waals surface area contributed by atoms with Gasteiger partial charge in [0.25, 0.3) is 0 Å². The van der Waals surface area contributed by atoms with Crippen molar-refractivity contribution in [1.29, 1.82) is 0 Å². The molecule has 1 aliphatic heterocycles. The van der Waals surface area contributed by atoms with Crippen LogP contribution in [0.4, 0.5) is 4.39 Å². The molecule has 0 atom stereocenters. The molecular formula is C15H16FN3O2. The van der Waals surface area contributed by atoms with E-state index >= 15 is 0 Å². The Balaban J connectivity index is 1.63. The van der Waals surface area contributed by atoms with Crippen LogP contribution in [0.15, 0.2) is 28.7 Å². The summed E-state index contributed by atoms with van der Waals surface area (Å²) in [7, 11) is 0. The molecule has 2 aromatic rings. The van der Waals surface area contributed by atoms with Crippen LogP contribution in [0.25, 0.3) is 11.5 Å². The third-order valence-corrected chi connectivity index (χ3v) is 3.74. The lowest BCUT2D eigenvalue weighted by Gasteiger charge is -2.28.